The summed E-state index contributed by atoms with van der Waals surface area (Å²) in [7, 11) is 0. The molecule has 0 aromatic heterocycles. The van der Waals surface area contributed by atoms with Gasteiger partial charge in [0.15, 0.2) is 0 Å². The molecule has 5 rings (SSSR count). The van der Waals surface area contributed by atoms with Crippen LogP contribution in [-0.4, -0.2) is 101 Å². The van der Waals surface area contributed by atoms with Crippen molar-refractivity contribution in [3.05, 3.63) is 35.4 Å². The zero-order valence-electron chi connectivity index (χ0n) is 19.7. The fraction of sp³-hybridized carbons (Fsp3) is 0.625. The summed E-state index contributed by atoms with van der Waals surface area (Å²) in [6.07, 6.45) is 6.84. The van der Waals surface area contributed by atoms with Crippen LogP contribution < -0.4 is 5.32 Å². The molecule has 0 aliphatic carbocycles. The molecular weight excluding hydrogens is 422 g/mol. The Morgan fingerprint density at radius 3 is 2.06 bits per heavy atom. The van der Waals surface area contributed by atoms with E-state index in [-0.39, 0.29) is 35.4 Å². The Kier molecular flexibility index (Phi) is 5.37. The lowest BCUT2D eigenvalue weighted by Gasteiger charge is -2.29. The van der Waals surface area contributed by atoms with Crippen LogP contribution in [0.15, 0.2) is 35.4 Å². The van der Waals surface area contributed by atoms with E-state index in [1.165, 1.54) is 0 Å². The van der Waals surface area contributed by atoms with Crippen molar-refractivity contribution < 1.29 is 19.1 Å². The van der Waals surface area contributed by atoms with Gasteiger partial charge in [-0.25, -0.2) is 0 Å². The van der Waals surface area contributed by atoms with Crippen molar-refractivity contribution in [1.82, 2.24) is 24.9 Å². The number of ether oxygens (including phenoxy) is 1. The lowest BCUT2D eigenvalue weighted by Crippen LogP contribution is -2.41. The second-order valence-electron chi connectivity index (χ2n) is 10.5. The maximum atomic E-state index is 12.8. The molecule has 9 nitrogen and oxygen atoms in total. The van der Waals surface area contributed by atoms with E-state index in [1.807, 2.05) is 30.6 Å². The molecule has 0 aromatic carbocycles. The SMILES string of the molecule is CC(C)(C)OC1=CC(=O)N(C2CCN(C3=CC(=O)N(C4CCN(C5=CC(=O)NC5)C4)C3)C2)C1. The summed E-state index contributed by atoms with van der Waals surface area (Å²) in [6, 6.07) is 0.281. The van der Waals surface area contributed by atoms with Crippen LogP contribution in [-0.2, 0) is 19.1 Å². The van der Waals surface area contributed by atoms with Crippen LogP contribution in [0.1, 0.15) is 33.6 Å². The lowest BCUT2D eigenvalue weighted by molar-refractivity contribution is -0.127. The van der Waals surface area contributed by atoms with E-state index in [9.17, 15) is 14.4 Å². The monoisotopic (exact) mass is 455 g/mol. The van der Waals surface area contributed by atoms with Crippen LogP contribution in [0, 0.1) is 0 Å². The molecular formula is C24H33N5O4. The molecule has 5 aliphatic heterocycles. The van der Waals surface area contributed by atoms with Gasteiger partial charge < -0.3 is 29.7 Å². The van der Waals surface area contributed by atoms with Gasteiger partial charge in [0.25, 0.3) is 5.91 Å². The number of nitrogens with one attached hydrogen (secondary N) is 1. The molecule has 0 radical (unpaired) electrons. The number of carbonyl (C=O) groups excluding carboxylic acids is 3. The highest BCUT2D eigenvalue weighted by molar-refractivity contribution is 5.92. The number of rotatable bonds is 5. The molecule has 2 fully saturated rings. The third-order valence-corrected chi connectivity index (χ3v) is 7.00. The molecule has 5 heterocycles. The highest BCUT2D eigenvalue weighted by atomic mass is 16.5. The zero-order valence-corrected chi connectivity index (χ0v) is 19.7. The van der Waals surface area contributed by atoms with Crippen LogP contribution in [0.3, 0.4) is 0 Å². The Labute approximate surface area is 194 Å². The van der Waals surface area contributed by atoms with Crippen molar-refractivity contribution >= 4 is 17.7 Å². The quantitative estimate of drug-likeness (QED) is 0.647. The Morgan fingerprint density at radius 2 is 1.45 bits per heavy atom. The van der Waals surface area contributed by atoms with Crippen molar-refractivity contribution in [2.45, 2.75) is 51.3 Å². The highest BCUT2D eigenvalue weighted by Gasteiger charge is 2.39. The molecule has 0 aromatic rings. The van der Waals surface area contributed by atoms with Crippen molar-refractivity contribution in [3.63, 3.8) is 0 Å². The maximum Gasteiger partial charge on any atom is 0.250 e. The molecule has 2 saturated heterocycles. The molecule has 5 aliphatic rings. The Morgan fingerprint density at radius 1 is 0.848 bits per heavy atom. The Bertz CT molecular complexity index is 962. The number of carbonyl (C=O) groups is 3. The molecule has 0 spiro atoms. The minimum absolute atomic E-state index is 0.0134. The summed E-state index contributed by atoms with van der Waals surface area (Å²) in [6.45, 7) is 10.9. The van der Waals surface area contributed by atoms with Crippen LogP contribution >= 0.6 is 0 Å². The van der Waals surface area contributed by atoms with Gasteiger partial charge in [0.05, 0.1) is 31.7 Å². The van der Waals surface area contributed by atoms with E-state index in [0.717, 1.165) is 56.2 Å². The minimum Gasteiger partial charge on any atom is -0.490 e. The predicted octanol–water partition coefficient (Wildman–Crippen LogP) is 0.416. The normalized spacial score (nSPS) is 28.1. The number of hydrogen-bond donors (Lipinski definition) is 1. The van der Waals surface area contributed by atoms with Gasteiger partial charge in [-0.1, -0.05) is 0 Å². The predicted molar refractivity (Wildman–Crippen MR) is 121 cm³/mol. The summed E-state index contributed by atoms with van der Waals surface area (Å²) in [5.41, 5.74) is 1.74. The van der Waals surface area contributed by atoms with E-state index >= 15 is 0 Å². The lowest BCUT2D eigenvalue weighted by atomic mass is 10.2. The molecule has 178 valence electrons. The first kappa shape index (κ1) is 21.9. The number of amides is 3. The molecule has 3 amide bonds. The summed E-state index contributed by atoms with van der Waals surface area (Å²) in [5, 5.41) is 2.82. The molecule has 2 unspecified atom stereocenters. The van der Waals surface area contributed by atoms with E-state index < -0.39 is 0 Å². The molecule has 0 bridgehead atoms. The Balaban J connectivity index is 1.15. The topological polar surface area (TPSA) is 85.4 Å². The summed E-state index contributed by atoms with van der Waals surface area (Å²) < 4.78 is 5.91. The first-order valence-corrected chi connectivity index (χ1v) is 11.9. The van der Waals surface area contributed by atoms with E-state index in [0.29, 0.717) is 19.6 Å². The summed E-state index contributed by atoms with van der Waals surface area (Å²) >= 11 is 0. The van der Waals surface area contributed by atoms with Gasteiger partial charge >= 0.3 is 0 Å². The average Bonchev–Trinajstić information content (AvgIpc) is 3.50. The first-order valence-electron chi connectivity index (χ1n) is 11.9. The van der Waals surface area contributed by atoms with Crippen molar-refractivity contribution in [1.29, 1.82) is 0 Å². The van der Waals surface area contributed by atoms with Gasteiger partial charge in [-0.2, -0.15) is 0 Å². The minimum atomic E-state index is -0.321. The third-order valence-electron chi connectivity index (χ3n) is 7.00. The fourth-order valence-electron chi connectivity index (χ4n) is 5.45. The van der Waals surface area contributed by atoms with E-state index in [1.54, 1.807) is 18.2 Å². The largest absolute Gasteiger partial charge is 0.490 e. The number of nitrogens with zero attached hydrogens (tertiary/aromatic N) is 4. The summed E-state index contributed by atoms with van der Waals surface area (Å²) in [5.74, 6) is 0.767. The third kappa shape index (κ3) is 4.45. The second-order valence-corrected chi connectivity index (χ2v) is 10.5. The fourth-order valence-corrected chi connectivity index (χ4v) is 5.45. The standard InChI is InChI=1S/C24H33N5O4/c1-24(2,3)33-20-10-23(32)29(15-20)17-5-7-27(13-17)19-9-22(31)28(14-19)16-4-6-26(12-16)18-8-21(30)25-11-18/h8-10,16-17H,4-7,11-15H2,1-3H3,(H,25,30). The molecule has 2 atom stereocenters. The maximum absolute atomic E-state index is 12.8. The van der Waals surface area contributed by atoms with Gasteiger partial charge in [0.1, 0.15) is 11.4 Å². The van der Waals surface area contributed by atoms with Crippen molar-refractivity contribution in [2.75, 3.05) is 45.8 Å². The molecule has 0 saturated carbocycles. The van der Waals surface area contributed by atoms with Gasteiger partial charge in [-0.15, -0.1) is 0 Å². The molecule has 1 N–H and O–H groups in total. The molecule has 33 heavy (non-hydrogen) atoms. The second kappa shape index (κ2) is 8.11. The van der Waals surface area contributed by atoms with Gasteiger partial charge in [-0.05, 0) is 33.6 Å². The van der Waals surface area contributed by atoms with Gasteiger partial charge in [-0.3, -0.25) is 14.4 Å². The van der Waals surface area contributed by atoms with Gasteiger partial charge in [0, 0.05) is 55.8 Å². The summed E-state index contributed by atoms with van der Waals surface area (Å²) in [4.78, 5) is 45.2. The highest BCUT2D eigenvalue weighted by Crippen LogP contribution is 2.30. The molecule has 9 heteroatoms. The smallest absolute Gasteiger partial charge is 0.250 e. The van der Waals surface area contributed by atoms with Crippen LogP contribution in [0.2, 0.25) is 0 Å². The van der Waals surface area contributed by atoms with Crippen LogP contribution in [0.4, 0.5) is 0 Å². The van der Waals surface area contributed by atoms with Crippen LogP contribution in [0.5, 0.6) is 0 Å². The van der Waals surface area contributed by atoms with Crippen molar-refractivity contribution in [2.24, 2.45) is 0 Å². The Hall–Kier alpha value is -2.97. The van der Waals surface area contributed by atoms with Crippen molar-refractivity contribution in [3.8, 4) is 0 Å². The zero-order chi connectivity index (χ0) is 23.3. The average molecular weight is 456 g/mol. The van der Waals surface area contributed by atoms with Gasteiger partial charge in [0.2, 0.25) is 11.8 Å². The van der Waals surface area contributed by atoms with Crippen LogP contribution in [0.25, 0.3) is 0 Å². The number of likely N-dealkylation sites (tertiary alicyclic amines) is 2. The first-order chi connectivity index (χ1) is 15.7. The number of hydrogen-bond acceptors (Lipinski definition) is 6. The van der Waals surface area contributed by atoms with E-state index in [4.69, 9.17) is 4.74 Å². The van der Waals surface area contributed by atoms with E-state index in [2.05, 4.69) is 15.1 Å².